The molecule has 1 aliphatic heterocycles. The molecule has 0 aliphatic carbocycles. The van der Waals surface area contributed by atoms with Crippen molar-refractivity contribution in [1.29, 1.82) is 0 Å². The zero-order valence-electron chi connectivity index (χ0n) is 17.2. The van der Waals surface area contributed by atoms with Gasteiger partial charge in [0.2, 0.25) is 11.8 Å². The molecule has 0 saturated carbocycles. The molecule has 0 N–H and O–H groups in total. The minimum absolute atomic E-state index is 0.0289. The Labute approximate surface area is 176 Å². The van der Waals surface area contributed by atoms with Gasteiger partial charge >= 0.3 is 0 Å². The normalized spacial score (nSPS) is 13.6. The van der Waals surface area contributed by atoms with Crippen molar-refractivity contribution in [1.82, 2.24) is 19.6 Å². The van der Waals surface area contributed by atoms with E-state index in [2.05, 4.69) is 0 Å². The fourth-order valence-electron chi connectivity index (χ4n) is 3.78. The molecular formula is C24H26N4O2. The Morgan fingerprint density at radius 1 is 1.07 bits per heavy atom. The molecule has 3 aromatic rings. The first-order valence-electron chi connectivity index (χ1n) is 10.3. The first-order valence-corrected chi connectivity index (χ1v) is 10.3. The lowest BCUT2D eigenvalue weighted by Gasteiger charge is -2.20. The van der Waals surface area contributed by atoms with E-state index in [4.69, 9.17) is 5.10 Å². The predicted molar refractivity (Wildman–Crippen MR) is 116 cm³/mol. The third kappa shape index (κ3) is 4.43. The van der Waals surface area contributed by atoms with E-state index in [0.29, 0.717) is 25.9 Å². The van der Waals surface area contributed by atoms with Crippen LogP contribution < -0.4 is 0 Å². The highest BCUT2D eigenvalue weighted by Crippen LogP contribution is 2.25. The van der Waals surface area contributed by atoms with Gasteiger partial charge in [-0.25, -0.2) is 4.68 Å². The molecule has 6 heteroatoms. The summed E-state index contributed by atoms with van der Waals surface area (Å²) in [7, 11) is 1.81. The van der Waals surface area contributed by atoms with E-state index in [1.54, 1.807) is 9.80 Å². The van der Waals surface area contributed by atoms with Gasteiger partial charge in [-0.2, -0.15) is 5.10 Å². The summed E-state index contributed by atoms with van der Waals surface area (Å²) >= 11 is 0. The van der Waals surface area contributed by atoms with Crippen molar-refractivity contribution in [2.75, 3.05) is 20.1 Å². The van der Waals surface area contributed by atoms with Crippen LogP contribution in [0.1, 0.15) is 24.8 Å². The van der Waals surface area contributed by atoms with Crippen molar-refractivity contribution < 1.29 is 9.59 Å². The SMILES string of the molecule is CN(Cc1cn(-c2ccccc2)nc1-c1ccccc1)C(=O)CCN1CCCC1=O. The summed E-state index contributed by atoms with van der Waals surface area (Å²) in [5, 5.41) is 4.81. The number of nitrogens with zero attached hydrogens (tertiary/aromatic N) is 4. The highest BCUT2D eigenvalue weighted by molar-refractivity contribution is 5.80. The molecule has 4 rings (SSSR count). The van der Waals surface area contributed by atoms with E-state index in [1.807, 2.05) is 78.6 Å². The maximum Gasteiger partial charge on any atom is 0.224 e. The second-order valence-corrected chi connectivity index (χ2v) is 7.63. The van der Waals surface area contributed by atoms with Crippen LogP contribution in [0.3, 0.4) is 0 Å². The average molecular weight is 402 g/mol. The minimum Gasteiger partial charge on any atom is -0.342 e. The molecule has 154 valence electrons. The van der Waals surface area contributed by atoms with Gasteiger partial charge in [-0.3, -0.25) is 9.59 Å². The minimum atomic E-state index is 0.0289. The lowest BCUT2D eigenvalue weighted by atomic mass is 10.1. The molecule has 1 fully saturated rings. The Balaban J connectivity index is 1.52. The van der Waals surface area contributed by atoms with Crippen LogP contribution in [0.2, 0.25) is 0 Å². The number of likely N-dealkylation sites (tertiary alicyclic amines) is 1. The van der Waals surface area contributed by atoms with Crippen LogP contribution in [-0.2, 0) is 16.1 Å². The summed E-state index contributed by atoms with van der Waals surface area (Å²) in [5.74, 6) is 0.183. The lowest BCUT2D eigenvalue weighted by molar-refractivity contribution is -0.132. The molecule has 1 aromatic heterocycles. The maximum atomic E-state index is 12.7. The topological polar surface area (TPSA) is 58.4 Å². The quantitative estimate of drug-likeness (QED) is 0.608. The van der Waals surface area contributed by atoms with Gasteiger partial charge < -0.3 is 9.80 Å². The summed E-state index contributed by atoms with van der Waals surface area (Å²) in [6.45, 7) is 1.72. The number of hydrogen-bond acceptors (Lipinski definition) is 3. The fourth-order valence-corrected chi connectivity index (χ4v) is 3.78. The van der Waals surface area contributed by atoms with E-state index >= 15 is 0 Å². The molecule has 0 spiro atoms. The van der Waals surface area contributed by atoms with Crippen molar-refractivity contribution in [2.24, 2.45) is 0 Å². The van der Waals surface area contributed by atoms with Gasteiger partial charge in [-0.1, -0.05) is 48.5 Å². The van der Waals surface area contributed by atoms with E-state index in [9.17, 15) is 9.59 Å². The Morgan fingerprint density at radius 3 is 2.43 bits per heavy atom. The van der Waals surface area contributed by atoms with Crippen LogP contribution in [-0.4, -0.2) is 51.5 Å². The van der Waals surface area contributed by atoms with Gasteiger partial charge in [-0.15, -0.1) is 0 Å². The van der Waals surface area contributed by atoms with Crippen molar-refractivity contribution in [3.63, 3.8) is 0 Å². The van der Waals surface area contributed by atoms with Gasteiger partial charge in [0.1, 0.15) is 0 Å². The Kier molecular flexibility index (Phi) is 5.93. The molecule has 0 bridgehead atoms. The monoisotopic (exact) mass is 402 g/mol. The zero-order valence-corrected chi connectivity index (χ0v) is 17.2. The van der Waals surface area contributed by atoms with Crippen LogP contribution in [0.25, 0.3) is 16.9 Å². The maximum absolute atomic E-state index is 12.7. The third-order valence-corrected chi connectivity index (χ3v) is 5.46. The molecule has 1 aliphatic rings. The summed E-state index contributed by atoms with van der Waals surface area (Å²) in [4.78, 5) is 28.0. The fraction of sp³-hybridized carbons (Fsp3) is 0.292. The zero-order chi connectivity index (χ0) is 20.9. The van der Waals surface area contributed by atoms with Crippen molar-refractivity contribution in [3.8, 4) is 16.9 Å². The summed E-state index contributed by atoms with van der Waals surface area (Å²) in [6, 6.07) is 20.0. The molecule has 1 saturated heterocycles. The van der Waals surface area contributed by atoms with E-state index in [0.717, 1.165) is 35.5 Å². The molecule has 2 amide bonds. The summed E-state index contributed by atoms with van der Waals surface area (Å²) in [6.07, 6.45) is 3.83. The number of hydrogen-bond donors (Lipinski definition) is 0. The number of carbonyl (C=O) groups is 2. The number of benzene rings is 2. The number of rotatable bonds is 7. The van der Waals surface area contributed by atoms with Crippen LogP contribution in [0.5, 0.6) is 0 Å². The Hall–Kier alpha value is -3.41. The van der Waals surface area contributed by atoms with Gasteiger partial charge in [0.05, 0.1) is 11.4 Å². The van der Waals surface area contributed by atoms with Crippen molar-refractivity contribution in [2.45, 2.75) is 25.8 Å². The molecule has 30 heavy (non-hydrogen) atoms. The van der Waals surface area contributed by atoms with Crippen LogP contribution in [0, 0.1) is 0 Å². The molecule has 6 nitrogen and oxygen atoms in total. The predicted octanol–water partition coefficient (Wildman–Crippen LogP) is 3.51. The molecule has 0 atom stereocenters. The largest absolute Gasteiger partial charge is 0.342 e. The number of para-hydroxylation sites is 1. The van der Waals surface area contributed by atoms with E-state index in [1.165, 1.54) is 0 Å². The van der Waals surface area contributed by atoms with E-state index in [-0.39, 0.29) is 11.8 Å². The summed E-state index contributed by atoms with van der Waals surface area (Å²) < 4.78 is 1.86. The standard InChI is InChI=1S/C24H26N4O2/c1-26(22(29)14-16-27-15-8-13-23(27)30)17-20-18-28(21-11-6-3-7-12-21)25-24(20)19-9-4-2-5-10-19/h2-7,9-12,18H,8,13-17H2,1H3. The highest BCUT2D eigenvalue weighted by atomic mass is 16.2. The second-order valence-electron chi connectivity index (χ2n) is 7.63. The third-order valence-electron chi connectivity index (χ3n) is 5.46. The molecule has 2 aromatic carbocycles. The molecule has 2 heterocycles. The molecule has 0 unspecified atom stereocenters. The van der Waals surface area contributed by atoms with Crippen molar-refractivity contribution in [3.05, 3.63) is 72.4 Å². The smallest absolute Gasteiger partial charge is 0.224 e. The number of carbonyl (C=O) groups excluding carboxylic acids is 2. The van der Waals surface area contributed by atoms with Crippen LogP contribution in [0.4, 0.5) is 0 Å². The highest BCUT2D eigenvalue weighted by Gasteiger charge is 2.22. The van der Waals surface area contributed by atoms with Gasteiger partial charge in [0.15, 0.2) is 0 Å². The van der Waals surface area contributed by atoms with Crippen LogP contribution >= 0.6 is 0 Å². The first-order chi connectivity index (χ1) is 14.6. The lowest BCUT2D eigenvalue weighted by Crippen LogP contribution is -2.32. The van der Waals surface area contributed by atoms with Crippen molar-refractivity contribution >= 4 is 11.8 Å². The molecule has 0 radical (unpaired) electrons. The van der Waals surface area contributed by atoms with Gasteiger partial charge in [0.25, 0.3) is 0 Å². The first kappa shape index (κ1) is 19.9. The molecular weight excluding hydrogens is 376 g/mol. The average Bonchev–Trinajstić information content (AvgIpc) is 3.39. The number of aromatic nitrogens is 2. The van der Waals surface area contributed by atoms with Crippen LogP contribution in [0.15, 0.2) is 66.9 Å². The van der Waals surface area contributed by atoms with Gasteiger partial charge in [0, 0.05) is 56.8 Å². The number of amides is 2. The Bertz CT molecular complexity index is 1010. The van der Waals surface area contributed by atoms with Gasteiger partial charge in [-0.05, 0) is 18.6 Å². The second kappa shape index (κ2) is 8.95. The van der Waals surface area contributed by atoms with E-state index < -0.39 is 0 Å². The summed E-state index contributed by atoms with van der Waals surface area (Å²) in [5.41, 5.74) is 3.85. The Morgan fingerprint density at radius 2 is 1.77 bits per heavy atom.